The first-order chi connectivity index (χ1) is 36.4. The van der Waals surface area contributed by atoms with E-state index in [0.29, 0.717) is 22.3 Å². The molecular weight excluding hydrogens is 1110 g/mol. The summed E-state index contributed by atoms with van der Waals surface area (Å²) in [5.41, 5.74) is 9.24. The van der Waals surface area contributed by atoms with Crippen LogP contribution in [0.3, 0.4) is 0 Å². The zero-order valence-electron chi connectivity index (χ0n) is 54.9. The zero-order valence-corrected chi connectivity index (χ0v) is 56.8. The van der Waals surface area contributed by atoms with Crippen LogP contribution in [0.5, 0.6) is 23.0 Å². The Morgan fingerprint density at radius 1 is 0.280 bits per heavy atom. The number of hydrogen-bond acceptors (Lipinski definition) is 8. The van der Waals surface area contributed by atoms with Gasteiger partial charge in [-0.15, -0.1) is 0 Å². The number of aliphatic imine (C=N–C) groups is 4. The molecule has 2 saturated carbocycles. The summed E-state index contributed by atoms with van der Waals surface area (Å²) in [6.45, 7) is 51.2. The van der Waals surface area contributed by atoms with E-state index in [4.69, 9.17) is 20.0 Å². The fourth-order valence-electron chi connectivity index (χ4n) is 10.5. The molecule has 10 heteroatoms. The maximum atomic E-state index is 13.5. The standard InChI is InChI=1S/2C36H54N2O2.2Cu/c2*1-33(2,3)25-17-23(31(39)27(19-25)35(7,8)9)21-37-29-15-13-14-16-30(29)38-22-24-18-26(34(4,5)6)20-28(32(24)40)36(10,11)12;;/h2*17-22,29-30,39-40H,13-16H2,1-12H3;;/q;;2*+2/p-4/t2*29-,30-;;/m00../s1. The van der Waals surface area contributed by atoms with Crippen LogP contribution in [-0.2, 0) is 77.5 Å². The van der Waals surface area contributed by atoms with Crippen molar-refractivity contribution in [1.29, 1.82) is 0 Å². The Morgan fingerprint density at radius 2 is 0.439 bits per heavy atom. The Morgan fingerprint density at radius 3 is 0.573 bits per heavy atom. The number of rotatable bonds is 8. The van der Waals surface area contributed by atoms with E-state index in [9.17, 15) is 20.4 Å². The average Bonchev–Trinajstić information content (AvgIpc) is 3.30. The molecule has 4 aromatic rings. The summed E-state index contributed by atoms with van der Waals surface area (Å²) in [6, 6.07) is 16.3. The van der Waals surface area contributed by atoms with Crippen LogP contribution < -0.4 is 20.4 Å². The quantitative estimate of drug-likeness (QED) is 0.128. The Hall–Kier alpha value is -4.20. The Balaban J connectivity index is 0.000000420. The summed E-state index contributed by atoms with van der Waals surface area (Å²) < 4.78 is 0. The van der Waals surface area contributed by atoms with Crippen molar-refractivity contribution in [2.75, 3.05) is 0 Å². The summed E-state index contributed by atoms with van der Waals surface area (Å²) >= 11 is 0. The van der Waals surface area contributed by atoms with Gasteiger partial charge in [0.2, 0.25) is 0 Å². The molecular formula is C72H104Cu2N4O4. The van der Waals surface area contributed by atoms with Gasteiger partial charge in [-0.1, -0.05) is 263 Å². The van der Waals surface area contributed by atoms with Gasteiger partial charge in [0.15, 0.2) is 0 Å². The zero-order chi connectivity index (χ0) is 60.5. The van der Waals surface area contributed by atoms with Crippen molar-refractivity contribution in [2.45, 2.75) is 285 Å². The predicted octanol–water partition coefficient (Wildman–Crippen LogP) is 15.7. The first-order valence-corrected chi connectivity index (χ1v) is 30.0. The van der Waals surface area contributed by atoms with Crippen LogP contribution in [0.15, 0.2) is 68.5 Å². The van der Waals surface area contributed by atoms with Gasteiger partial charge < -0.3 is 20.4 Å². The first-order valence-electron chi connectivity index (χ1n) is 30.0. The molecule has 2 fully saturated rings. The van der Waals surface area contributed by atoms with Gasteiger partial charge in [-0.3, -0.25) is 20.0 Å². The average molecular weight is 1220 g/mol. The summed E-state index contributed by atoms with van der Waals surface area (Å²) in [7, 11) is 0. The van der Waals surface area contributed by atoms with E-state index in [1.165, 1.54) is 0 Å². The van der Waals surface area contributed by atoms with Crippen LogP contribution in [-0.4, -0.2) is 49.0 Å². The van der Waals surface area contributed by atoms with Gasteiger partial charge >= 0.3 is 34.1 Å². The third kappa shape index (κ3) is 18.9. The minimum atomic E-state index is -0.248. The minimum absolute atomic E-state index is 0. The fourth-order valence-corrected chi connectivity index (χ4v) is 10.5. The van der Waals surface area contributed by atoms with E-state index in [0.717, 1.165) is 95.9 Å². The molecule has 0 N–H and O–H groups in total. The van der Waals surface area contributed by atoms with Gasteiger partial charge in [0, 0.05) is 24.9 Å². The van der Waals surface area contributed by atoms with Crippen LogP contribution >= 0.6 is 0 Å². The van der Waals surface area contributed by atoms with Crippen LogP contribution in [0.1, 0.15) is 284 Å². The van der Waals surface area contributed by atoms with Crippen molar-refractivity contribution >= 4 is 24.9 Å². The van der Waals surface area contributed by atoms with Gasteiger partial charge in [0.25, 0.3) is 0 Å². The van der Waals surface area contributed by atoms with Crippen LogP contribution in [0, 0.1) is 0 Å². The Bertz CT molecular complexity index is 2530. The van der Waals surface area contributed by atoms with Gasteiger partial charge in [0.1, 0.15) is 0 Å². The molecule has 4 atom stereocenters. The molecule has 82 heavy (non-hydrogen) atoms. The third-order valence-electron chi connectivity index (χ3n) is 16.2. The van der Waals surface area contributed by atoms with E-state index >= 15 is 0 Å². The molecule has 0 aliphatic heterocycles. The second-order valence-corrected chi connectivity index (χ2v) is 31.7. The molecule has 0 aromatic heterocycles. The SMILES string of the molecule is CC(C)(C)c1cc(C=N[C@H]2CCCC[C@@H]2N=Cc2cc(C(C)(C)C)cc(C(C)(C)C)c2[O-])c([O-])c(C(C)(C)C)c1.CC(C)(C)c1cc(C=N[C@H]2CCCC[C@@H]2N=Cc2cc(C(C)(C)C)cc(C(C)(C)C)c2[O-])c([O-])c(C(C)(C)C)c1.[Cu+2].[Cu+2]. The van der Waals surface area contributed by atoms with Crippen molar-refractivity contribution < 1.29 is 54.6 Å². The van der Waals surface area contributed by atoms with Crippen molar-refractivity contribution in [2.24, 2.45) is 20.0 Å². The molecule has 0 saturated heterocycles. The van der Waals surface area contributed by atoms with Gasteiger partial charge in [0.05, 0.1) is 24.2 Å². The number of hydrogen-bond donors (Lipinski definition) is 0. The van der Waals surface area contributed by atoms with E-state index in [1.54, 1.807) is 24.9 Å². The molecule has 0 bridgehead atoms. The third-order valence-corrected chi connectivity index (χ3v) is 16.2. The molecule has 0 spiro atoms. The molecule has 2 aliphatic carbocycles. The maximum absolute atomic E-state index is 13.5. The largest absolute Gasteiger partial charge is 2.00 e. The van der Waals surface area contributed by atoms with Crippen LogP contribution in [0.25, 0.3) is 0 Å². The molecule has 8 nitrogen and oxygen atoms in total. The Labute approximate surface area is 519 Å². The summed E-state index contributed by atoms with van der Waals surface area (Å²) in [5, 5.41) is 53.9. The van der Waals surface area contributed by atoms with Crippen molar-refractivity contribution in [1.82, 2.24) is 0 Å². The molecule has 0 unspecified atom stereocenters. The number of nitrogens with zero attached hydrogens (tertiary/aromatic N) is 4. The Kier molecular flexibility index (Phi) is 23.7. The maximum Gasteiger partial charge on any atom is 2.00 e. The summed E-state index contributed by atoms with van der Waals surface area (Å²) in [5.74, 6) is 0.240. The molecule has 4 aromatic carbocycles. The topological polar surface area (TPSA) is 142 Å². The molecule has 2 radical (unpaired) electrons. The second-order valence-electron chi connectivity index (χ2n) is 31.7. The predicted molar refractivity (Wildman–Crippen MR) is 336 cm³/mol. The molecule has 0 amide bonds. The molecule has 6 rings (SSSR count). The van der Waals surface area contributed by atoms with E-state index in [-0.39, 0.29) is 125 Å². The van der Waals surface area contributed by atoms with Crippen molar-refractivity contribution in [3.8, 4) is 23.0 Å². The van der Waals surface area contributed by atoms with E-state index in [1.807, 2.05) is 24.3 Å². The van der Waals surface area contributed by atoms with Gasteiger partial charge in [-0.05, 0) is 136 Å². The molecule has 2 aliphatic rings. The molecule has 0 heterocycles. The fraction of sp³-hybridized carbons (Fsp3) is 0.611. The summed E-state index contributed by atoms with van der Waals surface area (Å²) in [4.78, 5) is 19.9. The smallest absolute Gasteiger partial charge is 0.872 e. The van der Waals surface area contributed by atoms with Gasteiger partial charge in [-0.25, -0.2) is 0 Å². The van der Waals surface area contributed by atoms with E-state index < -0.39 is 0 Å². The van der Waals surface area contributed by atoms with Crippen LogP contribution in [0.4, 0.5) is 0 Å². The van der Waals surface area contributed by atoms with Crippen LogP contribution in [0.2, 0.25) is 0 Å². The van der Waals surface area contributed by atoms with Crippen molar-refractivity contribution in [3.63, 3.8) is 0 Å². The normalized spacial score (nSPS) is 19.1. The monoisotopic (exact) mass is 1210 g/mol. The summed E-state index contributed by atoms with van der Waals surface area (Å²) in [6.07, 6.45) is 15.3. The number of benzene rings is 4. The molecule has 458 valence electrons. The van der Waals surface area contributed by atoms with Gasteiger partial charge in [-0.2, -0.15) is 0 Å². The second kappa shape index (κ2) is 27.0. The first kappa shape index (κ1) is 72.1. The minimum Gasteiger partial charge on any atom is -0.872 e. The van der Waals surface area contributed by atoms with Crippen molar-refractivity contribution in [3.05, 3.63) is 115 Å². The van der Waals surface area contributed by atoms with E-state index in [2.05, 4.69) is 190 Å².